The Kier molecular flexibility index (Phi) is 7.50. The Bertz CT molecular complexity index is 1610. The second kappa shape index (κ2) is 11.7. The van der Waals surface area contributed by atoms with Gasteiger partial charge in [0.25, 0.3) is 0 Å². The first-order valence-electron chi connectivity index (χ1n) is 11.8. The molecule has 0 radical (unpaired) electrons. The highest BCUT2D eigenvalue weighted by Crippen LogP contribution is 2.25. The number of rotatable bonds is 8. The van der Waals surface area contributed by atoms with Crippen molar-refractivity contribution < 1.29 is 23.5 Å². The van der Waals surface area contributed by atoms with Crippen LogP contribution in [0.3, 0.4) is 0 Å². The van der Waals surface area contributed by atoms with Gasteiger partial charge >= 0.3 is 11.9 Å². The zero-order valence-corrected chi connectivity index (χ0v) is 20.4. The lowest BCUT2D eigenvalue weighted by Crippen LogP contribution is -2.08. The van der Waals surface area contributed by atoms with Gasteiger partial charge in [-0.3, -0.25) is 0 Å². The summed E-state index contributed by atoms with van der Waals surface area (Å²) in [4.78, 5) is 32.9. The van der Waals surface area contributed by atoms with E-state index >= 15 is 0 Å². The van der Waals surface area contributed by atoms with Crippen LogP contribution in [-0.4, -0.2) is 21.9 Å². The molecule has 2 N–H and O–H groups in total. The van der Waals surface area contributed by atoms with Crippen LogP contribution in [0.25, 0.3) is 0 Å². The molecule has 0 saturated carbocycles. The van der Waals surface area contributed by atoms with Gasteiger partial charge < -0.3 is 20.1 Å². The van der Waals surface area contributed by atoms with Gasteiger partial charge in [0.15, 0.2) is 11.6 Å². The van der Waals surface area contributed by atoms with Gasteiger partial charge in [-0.1, -0.05) is 48.5 Å². The average Bonchev–Trinajstić information content (AvgIpc) is 2.96. The van der Waals surface area contributed by atoms with E-state index in [0.29, 0.717) is 28.3 Å². The van der Waals surface area contributed by atoms with Crippen molar-refractivity contribution in [3.63, 3.8) is 0 Å². The number of benzene rings is 4. The van der Waals surface area contributed by atoms with E-state index in [1.54, 1.807) is 103 Å². The molecule has 39 heavy (non-hydrogen) atoms. The van der Waals surface area contributed by atoms with Crippen LogP contribution in [-0.2, 0) is 0 Å². The Morgan fingerprint density at radius 1 is 0.641 bits per heavy atom. The van der Waals surface area contributed by atoms with Crippen LogP contribution in [0.1, 0.15) is 20.7 Å². The minimum Gasteiger partial charge on any atom is -0.423 e. The SMILES string of the molecule is O=C(Oc1cccc(Nc2ncc(F)c(Nc3cccc(OC(=O)c4ccccc4)c3)n2)c1)c1ccccc1. The molecule has 0 saturated heterocycles. The summed E-state index contributed by atoms with van der Waals surface area (Å²) in [6, 6.07) is 30.4. The summed E-state index contributed by atoms with van der Waals surface area (Å²) in [5, 5.41) is 5.86. The van der Waals surface area contributed by atoms with E-state index in [1.165, 1.54) is 0 Å². The molecule has 0 bridgehead atoms. The molecule has 4 aromatic carbocycles. The Labute approximate surface area is 223 Å². The standard InChI is InChI=1S/C30H21FN4O4/c31-26-19-32-30(34-23-14-8-16-25(18-23)39-29(37)21-11-5-2-6-12-21)35-27(26)33-22-13-7-15-24(17-22)38-28(36)20-9-3-1-4-10-20/h1-19H,(H2,32,33,34,35). The summed E-state index contributed by atoms with van der Waals surface area (Å²) >= 11 is 0. The lowest BCUT2D eigenvalue weighted by atomic mass is 10.2. The molecule has 0 fully saturated rings. The molecule has 0 atom stereocenters. The van der Waals surface area contributed by atoms with Gasteiger partial charge in [0, 0.05) is 23.5 Å². The van der Waals surface area contributed by atoms with Crippen LogP contribution in [0, 0.1) is 5.82 Å². The number of carbonyl (C=O) groups is 2. The summed E-state index contributed by atoms with van der Waals surface area (Å²) in [6.45, 7) is 0. The maximum Gasteiger partial charge on any atom is 0.343 e. The molecular weight excluding hydrogens is 499 g/mol. The Morgan fingerprint density at radius 3 is 1.69 bits per heavy atom. The third-order valence-electron chi connectivity index (χ3n) is 5.37. The second-order valence-electron chi connectivity index (χ2n) is 8.21. The number of nitrogens with zero attached hydrogens (tertiary/aromatic N) is 2. The number of aromatic nitrogens is 2. The van der Waals surface area contributed by atoms with Crippen molar-refractivity contribution in [2.75, 3.05) is 10.6 Å². The molecule has 192 valence electrons. The predicted octanol–water partition coefficient (Wildman–Crippen LogP) is 6.54. The molecule has 0 aliphatic carbocycles. The number of hydrogen-bond acceptors (Lipinski definition) is 8. The number of hydrogen-bond donors (Lipinski definition) is 2. The summed E-state index contributed by atoms with van der Waals surface area (Å²) in [5.41, 5.74) is 1.81. The lowest BCUT2D eigenvalue weighted by molar-refractivity contribution is 0.0725. The van der Waals surface area contributed by atoms with Gasteiger partial charge in [-0.25, -0.2) is 19.0 Å². The smallest absolute Gasteiger partial charge is 0.343 e. The van der Waals surface area contributed by atoms with Crippen molar-refractivity contribution in [2.45, 2.75) is 0 Å². The monoisotopic (exact) mass is 520 g/mol. The van der Waals surface area contributed by atoms with Crippen molar-refractivity contribution in [2.24, 2.45) is 0 Å². The first-order valence-corrected chi connectivity index (χ1v) is 11.8. The van der Waals surface area contributed by atoms with Crippen LogP contribution in [0.2, 0.25) is 0 Å². The fraction of sp³-hybridized carbons (Fsp3) is 0. The molecule has 0 amide bonds. The minimum absolute atomic E-state index is 0.0919. The predicted molar refractivity (Wildman–Crippen MR) is 144 cm³/mol. The van der Waals surface area contributed by atoms with E-state index in [1.807, 2.05) is 6.07 Å². The van der Waals surface area contributed by atoms with Crippen molar-refractivity contribution in [1.29, 1.82) is 0 Å². The maximum absolute atomic E-state index is 14.5. The highest BCUT2D eigenvalue weighted by Gasteiger charge is 2.12. The Hall–Kier alpha value is -5.57. The second-order valence-corrected chi connectivity index (χ2v) is 8.21. The van der Waals surface area contributed by atoms with E-state index in [-0.39, 0.29) is 17.5 Å². The van der Waals surface area contributed by atoms with Crippen LogP contribution in [0.15, 0.2) is 115 Å². The van der Waals surface area contributed by atoms with Crippen LogP contribution < -0.4 is 20.1 Å². The molecule has 0 spiro atoms. The van der Waals surface area contributed by atoms with Crippen molar-refractivity contribution in [1.82, 2.24) is 9.97 Å². The number of anilines is 4. The molecule has 0 aliphatic heterocycles. The maximum atomic E-state index is 14.5. The first-order chi connectivity index (χ1) is 19.0. The fourth-order valence-corrected chi connectivity index (χ4v) is 3.54. The van der Waals surface area contributed by atoms with Gasteiger partial charge in [-0.2, -0.15) is 4.98 Å². The van der Waals surface area contributed by atoms with Gasteiger partial charge in [0.1, 0.15) is 11.5 Å². The highest BCUT2D eigenvalue weighted by molar-refractivity contribution is 5.91. The zero-order valence-electron chi connectivity index (χ0n) is 20.4. The lowest BCUT2D eigenvalue weighted by Gasteiger charge is -2.11. The molecule has 8 nitrogen and oxygen atoms in total. The number of carbonyl (C=O) groups excluding carboxylic acids is 2. The molecule has 0 unspecified atom stereocenters. The molecule has 9 heteroatoms. The fourth-order valence-electron chi connectivity index (χ4n) is 3.54. The number of ether oxygens (including phenoxy) is 2. The minimum atomic E-state index is -0.683. The molecular formula is C30H21FN4O4. The molecule has 0 aliphatic rings. The van der Waals surface area contributed by atoms with Crippen molar-refractivity contribution in [3.05, 3.63) is 132 Å². The van der Waals surface area contributed by atoms with Gasteiger partial charge in [-0.15, -0.1) is 0 Å². The average molecular weight is 521 g/mol. The Morgan fingerprint density at radius 2 is 1.15 bits per heavy atom. The summed E-state index contributed by atoms with van der Waals surface area (Å²) in [5.74, 6) is -1.07. The van der Waals surface area contributed by atoms with E-state index in [0.717, 1.165) is 6.20 Å². The third kappa shape index (κ3) is 6.60. The summed E-state index contributed by atoms with van der Waals surface area (Å²) in [7, 11) is 0. The van der Waals surface area contributed by atoms with Crippen molar-refractivity contribution >= 4 is 35.1 Å². The normalized spacial score (nSPS) is 10.4. The van der Waals surface area contributed by atoms with E-state index in [9.17, 15) is 14.0 Å². The van der Waals surface area contributed by atoms with Crippen LogP contribution in [0.4, 0.5) is 27.5 Å². The van der Waals surface area contributed by atoms with Crippen LogP contribution >= 0.6 is 0 Å². The molecule has 5 rings (SSSR count). The van der Waals surface area contributed by atoms with Crippen LogP contribution in [0.5, 0.6) is 11.5 Å². The largest absolute Gasteiger partial charge is 0.423 e. The zero-order chi connectivity index (χ0) is 27.0. The number of halogens is 1. The number of nitrogens with one attached hydrogen (secondary N) is 2. The quantitative estimate of drug-likeness (QED) is 0.176. The van der Waals surface area contributed by atoms with E-state index in [2.05, 4.69) is 20.6 Å². The third-order valence-corrected chi connectivity index (χ3v) is 5.37. The first kappa shape index (κ1) is 25.1. The summed E-state index contributed by atoms with van der Waals surface area (Å²) in [6.07, 6.45) is 1.02. The molecule has 1 heterocycles. The van der Waals surface area contributed by atoms with Crippen molar-refractivity contribution in [3.8, 4) is 11.5 Å². The van der Waals surface area contributed by atoms with E-state index in [4.69, 9.17) is 9.47 Å². The topological polar surface area (TPSA) is 102 Å². The van der Waals surface area contributed by atoms with Gasteiger partial charge in [0.05, 0.1) is 17.3 Å². The summed E-state index contributed by atoms with van der Waals surface area (Å²) < 4.78 is 25.4. The van der Waals surface area contributed by atoms with Gasteiger partial charge in [0.2, 0.25) is 5.95 Å². The highest BCUT2D eigenvalue weighted by atomic mass is 19.1. The molecule has 5 aromatic rings. The van der Waals surface area contributed by atoms with E-state index < -0.39 is 17.8 Å². The Balaban J connectivity index is 1.27. The molecule has 1 aromatic heterocycles. The van der Waals surface area contributed by atoms with Gasteiger partial charge in [-0.05, 0) is 48.5 Å². The number of esters is 2.